The minimum atomic E-state index is -0.217. The van der Waals surface area contributed by atoms with Crippen LogP contribution in [0.1, 0.15) is 37.7 Å². The zero-order valence-corrected chi connectivity index (χ0v) is 10.6. The summed E-state index contributed by atoms with van der Waals surface area (Å²) in [5.74, 6) is 0.156. The normalized spacial score (nSPS) is 16.5. The van der Waals surface area contributed by atoms with Crippen molar-refractivity contribution in [2.75, 3.05) is 6.54 Å². The molecule has 0 unspecified atom stereocenters. The van der Waals surface area contributed by atoms with E-state index in [-0.39, 0.29) is 17.6 Å². The molecule has 0 saturated heterocycles. The van der Waals surface area contributed by atoms with Crippen LogP contribution in [0.3, 0.4) is 0 Å². The molecule has 1 N–H and O–H groups in total. The highest BCUT2D eigenvalue weighted by Crippen LogP contribution is 2.23. The molecule has 1 aromatic carbocycles. The Kier molecular flexibility index (Phi) is 4.73. The second-order valence-corrected chi connectivity index (χ2v) is 5.01. The van der Waals surface area contributed by atoms with Gasteiger partial charge in [0.05, 0.1) is 0 Å². The minimum absolute atomic E-state index is 0.172. The monoisotopic (exact) mass is 249 g/mol. The number of hydrogen-bond donors (Lipinski definition) is 1. The van der Waals surface area contributed by atoms with Crippen molar-refractivity contribution in [3.05, 3.63) is 35.6 Å². The molecule has 1 fully saturated rings. The zero-order chi connectivity index (χ0) is 12.8. The molecule has 1 aromatic rings. The van der Waals surface area contributed by atoms with E-state index in [4.69, 9.17) is 0 Å². The molecular formula is C15H20FNO. The average Bonchev–Trinajstić information content (AvgIpc) is 2.40. The maximum absolute atomic E-state index is 13.0. The first-order valence-corrected chi connectivity index (χ1v) is 6.78. The summed E-state index contributed by atoms with van der Waals surface area (Å²) in [6.07, 6.45) is 6.32. The molecule has 2 rings (SSSR count). The van der Waals surface area contributed by atoms with Crippen molar-refractivity contribution < 1.29 is 9.18 Å². The van der Waals surface area contributed by atoms with Crippen molar-refractivity contribution in [1.29, 1.82) is 0 Å². The summed E-state index contributed by atoms with van der Waals surface area (Å²) in [5.41, 5.74) is 0.930. The van der Waals surface area contributed by atoms with E-state index >= 15 is 0 Å². The van der Waals surface area contributed by atoms with Gasteiger partial charge in [-0.2, -0.15) is 0 Å². The molecule has 0 bridgehead atoms. The van der Waals surface area contributed by atoms with Gasteiger partial charge in [0.2, 0.25) is 5.91 Å². The van der Waals surface area contributed by atoms with Gasteiger partial charge in [-0.15, -0.1) is 0 Å². The predicted octanol–water partition coefficient (Wildman–Crippen LogP) is 3.06. The summed E-state index contributed by atoms with van der Waals surface area (Å²) in [4.78, 5) is 11.9. The Labute approximate surface area is 108 Å². The van der Waals surface area contributed by atoms with Crippen molar-refractivity contribution in [1.82, 2.24) is 5.32 Å². The number of nitrogens with one attached hydrogen (secondary N) is 1. The van der Waals surface area contributed by atoms with Gasteiger partial charge in [0.1, 0.15) is 5.82 Å². The Morgan fingerprint density at radius 3 is 2.78 bits per heavy atom. The van der Waals surface area contributed by atoms with E-state index < -0.39 is 0 Å². The number of hydrogen-bond acceptors (Lipinski definition) is 1. The third kappa shape index (κ3) is 3.83. The minimum Gasteiger partial charge on any atom is -0.356 e. The van der Waals surface area contributed by atoms with E-state index in [0.29, 0.717) is 13.0 Å². The first kappa shape index (κ1) is 13.1. The second kappa shape index (κ2) is 6.53. The molecule has 98 valence electrons. The van der Waals surface area contributed by atoms with Gasteiger partial charge in [-0.25, -0.2) is 4.39 Å². The van der Waals surface area contributed by atoms with Gasteiger partial charge in [0.15, 0.2) is 0 Å². The first-order chi connectivity index (χ1) is 8.75. The summed E-state index contributed by atoms with van der Waals surface area (Å²) in [5, 5.41) is 2.96. The zero-order valence-electron chi connectivity index (χ0n) is 10.6. The van der Waals surface area contributed by atoms with E-state index in [1.165, 1.54) is 31.4 Å². The number of carbonyl (C=O) groups excluding carboxylic acids is 1. The van der Waals surface area contributed by atoms with Crippen molar-refractivity contribution >= 4 is 5.91 Å². The standard InChI is InChI=1S/C15H20FNO/c16-14-8-4-5-12(11-14)9-10-17-15(18)13-6-2-1-3-7-13/h4-5,8,11,13H,1-3,6-7,9-10H2,(H,17,18). The number of halogens is 1. The van der Waals surface area contributed by atoms with Gasteiger partial charge in [-0.3, -0.25) is 4.79 Å². The van der Waals surface area contributed by atoms with Gasteiger partial charge in [-0.1, -0.05) is 31.4 Å². The van der Waals surface area contributed by atoms with Crippen LogP contribution in [-0.2, 0) is 11.2 Å². The van der Waals surface area contributed by atoms with Crippen LogP contribution in [0.2, 0.25) is 0 Å². The summed E-state index contributed by atoms with van der Waals surface area (Å²) in [6.45, 7) is 0.596. The van der Waals surface area contributed by atoms with Crippen LogP contribution in [0, 0.1) is 11.7 Å². The smallest absolute Gasteiger partial charge is 0.223 e. The third-order valence-corrected chi connectivity index (χ3v) is 3.58. The topological polar surface area (TPSA) is 29.1 Å². The largest absolute Gasteiger partial charge is 0.356 e. The molecular weight excluding hydrogens is 229 g/mol. The Balaban J connectivity index is 1.73. The maximum Gasteiger partial charge on any atom is 0.223 e. The number of carbonyl (C=O) groups is 1. The Morgan fingerprint density at radius 1 is 1.28 bits per heavy atom. The molecule has 1 aliphatic carbocycles. The molecule has 0 heterocycles. The summed E-state index contributed by atoms with van der Waals surface area (Å²) in [7, 11) is 0. The molecule has 0 aromatic heterocycles. The van der Waals surface area contributed by atoms with Crippen LogP contribution in [0.25, 0.3) is 0 Å². The fourth-order valence-corrected chi connectivity index (χ4v) is 2.53. The highest BCUT2D eigenvalue weighted by atomic mass is 19.1. The number of amides is 1. The second-order valence-electron chi connectivity index (χ2n) is 5.01. The van der Waals surface area contributed by atoms with Crippen LogP contribution in [0.5, 0.6) is 0 Å². The molecule has 2 nitrogen and oxygen atoms in total. The van der Waals surface area contributed by atoms with Crippen LogP contribution in [0.15, 0.2) is 24.3 Å². The van der Waals surface area contributed by atoms with Crippen LogP contribution < -0.4 is 5.32 Å². The van der Waals surface area contributed by atoms with Crippen molar-refractivity contribution in [3.8, 4) is 0 Å². The third-order valence-electron chi connectivity index (χ3n) is 3.58. The van der Waals surface area contributed by atoms with Gasteiger partial charge in [0.25, 0.3) is 0 Å². The summed E-state index contributed by atoms with van der Waals surface area (Å²) in [6, 6.07) is 6.54. The van der Waals surface area contributed by atoms with Crippen LogP contribution in [-0.4, -0.2) is 12.5 Å². The van der Waals surface area contributed by atoms with Gasteiger partial charge in [-0.05, 0) is 37.0 Å². The quantitative estimate of drug-likeness (QED) is 0.873. The Morgan fingerprint density at radius 2 is 2.06 bits per heavy atom. The highest BCUT2D eigenvalue weighted by molar-refractivity contribution is 5.78. The fraction of sp³-hybridized carbons (Fsp3) is 0.533. The van der Waals surface area contributed by atoms with Crippen molar-refractivity contribution in [2.45, 2.75) is 38.5 Å². The van der Waals surface area contributed by atoms with Gasteiger partial charge in [0, 0.05) is 12.5 Å². The first-order valence-electron chi connectivity index (χ1n) is 6.78. The SMILES string of the molecule is O=C(NCCc1cccc(F)c1)C1CCCCC1. The van der Waals surface area contributed by atoms with E-state index in [1.807, 2.05) is 6.07 Å². The van der Waals surface area contributed by atoms with Gasteiger partial charge >= 0.3 is 0 Å². The molecule has 0 spiro atoms. The molecule has 3 heteroatoms. The molecule has 1 amide bonds. The van der Waals surface area contributed by atoms with Crippen molar-refractivity contribution in [2.24, 2.45) is 5.92 Å². The van der Waals surface area contributed by atoms with E-state index in [0.717, 1.165) is 18.4 Å². The van der Waals surface area contributed by atoms with E-state index in [2.05, 4.69) is 5.32 Å². The van der Waals surface area contributed by atoms with Crippen molar-refractivity contribution in [3.63, 3.8) is 0 Å². The van der Waals surface area contributed by atoms with Gasteiger partial charge < -0.3 is 5.32 Å². The van der Waals surface area contributed by atoms with Crippen LogP contribution in [0.4, 0.5) is 4.39 Å². The van der Waals surface area contributed by atoms with Crippen LogP contribution >= 0.6 is 0 Å². The molecule has 0 aliphatic heterocycles. The lowest BCUT2D eigenvalue weighted by molar-refractivity contribution is -0.125. The molecule has 18 heavy (non-hydrogen) atoms. The number of rotatable bonds is 4. The lowest BCUT2D eigenvalue weighted by Gasteiger charge is -2.20. The fourth-order valence-electron chi connectivity index (χ4n) is 2.53. The molecule has 1 saturated carbocycles. The summed E-state index contributed by atoms with van der Waals surface area (Å²) >= 11 is 0. The molecule has 0 atom stereocenters. The maximum atomic E-state index is 13.0. The van der Waals surface area contributed by atoms with E-state index in [9.17, 15) is 9.18 Å². The summed E-state index contributed by atoms with van der Waals surface area (Å²) < 4.78 is 13.0. The highest BCUT2D eigenvalue weighted by Gasteiger charge is 2.20. The van der Waals surface area contributed by atoms with E-state index in [1.54, 1.807) is 6.07 Å². The number of benzene rings is 1. The average molecular weight is 249 g/mol. The Hall–Kier alpha value is -1.38. The molecule has 0 radical (unpaired) electrons. The molecule has 1 aliphatic rings. The lowest BCUT2D eigenvalue weighted by Crippen LogP contribution is -2.33. The Bertz CT molecular complexity index is 399. The lowest BCUT2D eigenvalue weighted by atomic mass is 9.88. The predicted molar refractivity (Wildman–Crippen MR) is 69.7 cm³/mol.